The van der Waals surface area contributed by atoms with Gasteiger partial charge in [-0.3, -0.25) is 19.7 Å². The fourth-order valence-electron chi connectivity index (χ4n) is 2.40. The minimum atomic E-state index is -4.78. The monoisotopic (exact) mass is 467 g/mol. The number of nitrogens with zero attached hydrogens (tertiary/aromatic N) is 1. The molecule has 0 saturated carbocycles. The van der Waals surface area contributed by atoms with E-state index in [0.29, 0.717) is 0 Å². The summed E-state index contributed by atoms with van der Waals surface area (Å²) in [6, 6.07) is 8.23. The fourth-order valence-corrected chi connectivity index (χ4v) is 2.95. The number of aromatic hydroxyl groups is 1. The van der Waals surface area contributed by atoms with E-state index in [2.05, 4.69) is 0 Å². The Labute approximate surface area is 221 Å². The minimum Gasteiger partial charge on any atom is -0.811 e. The number of phenolic OH excluding ortho intramolecular Hbond substituents is 1. The molecule has 0 aliphatic carbocycles. The average molecular weight is 467 g/mol. The SMILES string of the molecule is Cc1ccc(C(=O)c2cc(OC(=O)CCCP(=O)([O-])[O-])c(O)c([N+](=O)[O-])c2)cc1.[Na+].[Na+]. The van der Waals surface area contributed by atoms with Crippen LogP contribution in [0.5, 0.6) is 11.5 Å². The van der Waals surface area contributed by atoms with Gasteiger partial charge in [-0.1, -0.05) is 37.4 Å². The number of aryl methyl sites for hydroxylation is 1. The first-order valence-corrected chi connectivity index (χ1v) is 10.1. The fraction of sp³-hybridized carbons (Fsp3) is 0.222. The van der Waals surface area contributed by atoms with E-state index in [1.54, 1.807) is 12.1 Å². The Bertz CT molecular complexity index is 1010. The summed E-state index contributed by atoms with van der Waals surface area (Å²) in [5.41, 5.74) is 0.0993. The number of hydrogen-bond donors (Lipinski definition) is 1. The summed E-state index contributed by atoms with van der Waals surface area (Å²) in [5.74, 6) is -3.19. The van der Waals surface area contributed by atoms with Crippen LogP contribution in [-0.4, -0.2) is 27.9 Å². The molecule has 0 amide bonds. The predicted octanol–water partition coefficient (Wildman–Crippen LogP) is -4.55. The van der Waals surface area contributed by atoms with Crippen molar-refractivity contribution in [1.82, 2.24) is 0 Å². The number of nitro benzene ring substituents is 1. The molecule has 0 bridgehead atoms. The summed E-state index contributed by atoms with van der Waals surface area (Å²) < 4.78 is 15.4. The van der Waals surface area contributed by atoms with Gasteiger partial charge in [-0.15, -0.1) is 0 Å². The van der Waals surface area contributed by atoms with E-state index in [4.69, 9.17) is 4.74 Å². The average Bonchev–Trinajstić information content (AvgIpc) is 2.62. The van der Waals surface area contributed by atoms with Gasteiger partial charge in [-0.2, -0.15) is 0 Å². The summed E-state index contributed by atoms with van der Waals surface area (Å²) in [7, 11) is -4.78. The van der Waals surface area contributed by atoms with E-state index in [-0.39, 0.29) is 76.7 Å². The van der Waals surface area contributed by atoms with Crippen molar-refractivity contribution >= 4 is 25.0 Å². The topological polar surface area (TPSA) is 170 Å². The second-order valence-corrected chi connectivity index (χ2v) is 7.88. The normalized spacial score (nSPS) is 10.4. The molecule has 1 N–H and O–H groups in total. The van der Waals surface area contributed by atoms with Crippen molar-refractivity contribution in [2.75, 3.05) is 6.16 Å². The number of carbonyl (C=O) groups excluding carboxylic acids is 2. The summed E-state index contributed by atoms with van der Waals surface area (Å²) in [6.07, 6.45) is -1.55. The van der Waals surface area contributed by atoms with Gasteiger partial charge in [0.05, 0.1) is 4.92 Å². The molecule has 2 aromatic carbocycles. The predicted molar refractivity (Wildman–Crippen MR) is 96.7 cm³/mol. The van der Waals surface area contributed by atoms with Gasteiger partial charge in [-0.05, 0) is 25.6 Å². The maximum absolute atomic E-state index is 12.6. The van der Waals surface area contributed by atoms with Gasteiger partial charge < -0.3 is 24.2 Å². The van der Waals surface area contributed by atoms with Gasteiger partial charge in [0.25, 0.3) is 0 Å². The van der Waals surface area contributed by atoms with Crippen molar-refractivity contribution < 1.29 is 97.8 Å². The van der Waals surface area contributed by atoms with Crippen LogP contribution in [0.2, 0.25) is 0 Å². The zero-order valence-corrected chi connectivity index (χ0v) is 22.1. The van der Waals surface area contributed by atoms with E-state index in [9.17, 15) is 39.2 Å². The third kappa shape index (κ3) is 9.13. The van der Waals surface area contributed by atoms with Crippen LogP contribution >= 0.6 is 7.60 Å². The van der Waals surface area contributed by atoms with Crippen LogP contribution in [0, 0.1) is 17.0 Å². The van der Waals surface area contributed by atoms with Gasteiger partial charge in [0.15, 0.2) is 11.5 Å². The molecule has 0 heterocycles. The van der Waals surface area contributed by atoms with Crippen molar-refractivity contribution in [3.63, 3.8) is 0 Å². The molecule has 2 rings (SSSR count). The van der Waals surface area contributed by atoms with Gasteiger partial charge >= 0.3 is 70.8 Å². The molecule has 0 fully saturated rings. The van der Waals surface area contributed by atoms with Gasteiger partial charge in [0.1, 0.15) is 0 Å². The summed E-state index contributed by atoms with van der Waals surface area (Å²) in [6.45, 7) is 1.82. The first kappa shape index (κ1) is 29.9. The van der Waals surface area contributed by atoms with Gasteiger partial charge in [0.2, 0.25) is 5.75 Å². The number of phenols is 1. The van der Waals surface area contributed by atoms with E-state index in [0.717, 1.165) is 17.7 Å². The zero-order valence-electron chi connectivity index (χ0n) is 17.2. The first-order chi connectivity index (χ1) is 13.5. The van der Waals surface area contributed by atoms with Crippen LogP contribution in [-0.2, 0) is 9.36 Å². The molecule has 0 spiro atoms. The van der Waals surface area contributed by atoms with E-state index >= 15 is 0 Å². The number of esters is 1. The van der Waals surface area contributed by atoms with Crippen LogP contribution in [0.15, 0.2) is 36.4 Å². The first-order valence-electron chi connectivity index (χ1n) is 8.32. The molecule has 0 aromatic heterocycles. The Kier molecular flexibility index (Phi) is 12.4. The van der Waals surface area contributed by atoms with Crippen LogP contribution < -0.4 is 73.6 Å². The third-order valence-corrected chi connectivity index (χ3v) is 4.73. The number of rotatable bonds is 8. The molecule has 0 atom stereocenters. The third-order valence-electron chi connectivity index (χ3n) is 3.86. The Morgan fingerprint density at radius 1 is 1.10 bits per heavy atom. The summed E-state index contributed by atoms with van der Waals surface area (Å²) in [4.78, 5) is 55.9. The van der Waals surface area contributed by atoms with Crippen molar-refractivity contribution in [3.8, 4) is 11.5 Å². The quantitative estimate of drug-likeness (QED) is 0.0764. The van der Waals surface area contributed by atoms with E-state index in [1.807, 2.05) is 6.92 Å². The maximum atomic E-state index is 12.6. The number of ether oxygens (including phenoxy) is 1. The zero-order chi connectivity index (χ0) is 21.8. The minimum absolute atomic E-state index is 0. The Balaban J connectivity index is 0.00000450. The van der Waals surface area contributed by atoms with Crippen molar-refractivity contribution in [2.45, 2.75) is 19.8 Å². The van der Waals surface area contributed by atoms with Crippen molar-refractivity contribution in [3.05, 3.63) is 63.2 Å². The molecule has 154 valence electrons. The van der Waals surface area contributed by atoms with Crippen molar-refractivity contribution in [1.29, 1.82) is 0 Å². The van der Waals surface area contributed by atoms with E-state index < -0.39 is 54.0 Å². The number of hydrogen-bond acceptors (Lipinski definition) is 9. The van der Waals surface area contributed by atoms with Crippen LogP contribution in [0.4, 0.5) is 5.69 Å². The van der Waals surface area contributed by atoms with Crippen molar-refractivity contribution in [2.24, 2.45) is 0 Å². The Morgan fingerprint density at radius 3 is 2.19 bits per heavy atom. The number of nitro groups is 1. The van der Waals surface area contributed by atoms with Gasteiger partial charge in [0, 0.05) is 23.6 Å². The largest absolute Gasteiger partial charge is 1.00 e. The van der Waals surface area contributed by atoms with Crippen LogP contribution in [0.25, 0.3) is 0 Å². The number of ketones is 1. The summed E-state index contributed by atoms with van der Waals surface area (Å²) >= 11 is 0. The molecule has 10 nitrogen and oxygen atoms in total. The molecular formula is C18H16NNa2O9P. The Morgan fingerprint density at radius 2 is 1.68 bits per heavy atom. The summed E-state index contributed by atoms with van der Waals surface area (Å²) in [5, 5.41) is 21.2. The molecule has 0 radical (unpaired) electrons. The molecule has 31 heavy (non-hydrogen) atoms. The second kappa shape index (κ2) is 12.8. The molecule has 0 saturated heterocycles. The smallest absolute Gasteiger partial charge is 0.811 e. The molecule has 0 aliphatic heterocycles. The molecule has 0 unspecified atom stereocenters. The molecular weight excluding hydrogens is 451 g/mol. The molecule has 2 aromatic rings. The van der Waals surface area contributed by atoms with Crippen LogP contribution in [0.3, 0.4) is 0 Å². The maximum Gasteiger partial charge on any atom is 1.00 e. The molecule has 0 aliphatic rings. The van der Waals surface area contributed by atoms with Crippen LogP contribution in [0.1, 0.15) is 34.3 Å². The van der Waals surface area contributed by atoms with E-state index in [1.165, 1.54) is 12.1 Å². The second-order valence-electron chi connectivity index (χ2n) is 6.21. The number of carbonyl (C=O) groups is 2. The molecule has 13 heteroatoms. The number of benzene rings is 2. The van der Waals surface area contributed by atoms with Gasteiger partial charge in [-0.25, -0.2) is 0 Å². The standard InChI is InChI=1S/C18H18NO9P.2Na/c1-11-4-6-12(7-5-11)17(21)13-9-14(19(23)24)18(22)15(10-13)28-16(20)3-2-8-29(25,26)27;;/h4-7,9-10,22H,2-3,8H2,1H3,(H2,25,26,27);;/q;2*+1/p-2. The Hall–Kier alpha value is -1.07.